The van der Waals surface area contributed by atoms with Gasteiger partial charge in [-0.15, -0.1) is 0 Å². The minimum Gasteiger partial charge on any atom is -0.339 e. The Hall–Kier alpha value is -1.87. The molecule has 0 fully saturated rings. The van der Waals surface area contributed by atoms with E-state index in [1.807, 2.05) is 25.1 Å². The van der Waals surface area contributed by atoms with Crippen LogP contribution in [0, 0.1) is 5.82 Å². The molecule has 2 aromatic rings. The second kappa shape index (κ2) is 6.72. The second-order valence-electron chi connectivity index (χ2n) is 5.00. The zero-order chi connectivity index (χ0) is 15.4. The number of rotatable bonds is 4. The number of benzene rings is 2. The third-order valence-electron chi connectivity index (χ3n) is 3.63. The fourth-order valence-corrected chi connectivity index (χ4v) is 2.31. The number of hydrogen-bond donors (Lipinski definition) is 0. The summed E-state index contributed by atoms with van der Waals surface area (Å²) in [5, 5.41) is 0.591. The molecule has 2 rings (SSSR count). The molecule has 2 aromatic carbocycles. The summed E-state index contributed by atoms with van der Waals surface area (Å²) in [6.07, 6.45) is 0.252. The molecule has 0 aliphatic carbocycles. The minimum absolute atomic E-state index is 0.0278. The number of hydrogen-bond acceptors (Lipinski definition) is 1. The van der Waals surface area contributed by atoms with Crippen molar-refractivity contribution < 1.29 is 9.18 Å². The van der Waals surface area contributed by atoms with E-state index >= 15 is 0 Å². The monoisotopic (exact) mass is 305 g/mol. The van der Waals surface area contributed by atoms with Crippen LogP contribution in [0.25, 0.3) is 0 Å². The first-order valence-corrected chi connectivity index (χ1v) is 7.11. The van der Waals surface area contributed by atoms with Gasteiger partial charge < -0.3 is 4.90 Å². The van der Waals surface area contributed by atoms with Crippen LogP contribution in [0.4, 0.5) is 4.39 Å². The van der Waals surface area contributed by atoms with Crippen molar-refractivity contribution in [3.8, 4) is 0 Å². The molecule has 0 aromatic heterocycles. The van der Waals surface area contributed by atoms with E-state index in [0.717, 1.165) is 11.1 Å². The van der Waals surface area contributed by atoms with Crippen molar-refractivity contribution in [3.05, 3.63) is 70.5 Å². The molecule has 0 saturated carbocycles. The third-order valence-corrected chi connectivity index (χ3v) is 3.99. The van der Waals surface area contributed by atoms with Crippen LogP contribution in [-0.2, 0) is 11.2 Å². The highest BCUT2D eigenvalue weighted by Crippen LogP contribution is 2.21. The Morgan fingerprint density at radius 2 is 1.81 bits per heavy atom. The lowest BCUT2D eigenvalue weighted by molar-refractivity contribution is -0.131. The van der Waals surface area contributed by atoms with Crippen LogP contribution < -0.4 is 0 Å². The van der Waals surface area contributed by atoms with Gasteiger partial charge in [0, 0.05) is 12.1 Å². The second-order valence-corrected chi connectivity index (χ2v) is 5.41. The highest BCUT2D eigenvalue weighted by atomic mass is 35.5. The van der Waals surface area contributed by atoms with Crippen LogP contribution >= 0.6 is 11.6 Å². The van der Waals surface area contributed by atoms with E-state index in [2.05, 4.69) is 0 Å². The number of likely N-dealkylation sites (N-methyl/N-ethyl adjacent to an activating group) is 1. The molecule has 0 radical (unpaired) electrons. The van der Waals surface area contributed by atoms with E-state index in [-0.39, 0.29) is 24.2 Å². The lowest BCUT2D eigenvalue weighted by Crippen LogP contribution is -2.31. The van der Waals surface area contributed by atoms with Gasteiger partial charge in [0.1, 0.15) is 5.82 Å². The maximum atomic E-state index is 12.9. The first kappa shape index (κ1) is 15.5. The van der Waals surface area contributed by atoms with E-state index in [1.54, 1.807) is 30.1 Å². The van der Waals surface area contributed by atoms with Gasteiger partial charge in [-0.05, 0) is 36.2 Å². The topological polar surface area (TPSA) is 20.3 Å². The lowest BCUT2D eigenvalue weighted by atomic mass is 10.1. The zero-order valence-electron chi connectivity index (χ0n) is 12.0. The van der Waals surface area contributed by atoms with Gasteiger partial charge in [-0.1, -0.05) is 41.9 Å². The van der Waals surface area contributed by atoms with Gasteiger partial charge in [0.2, 0.25) is 5.91 Å². The van der Waals surface area contributed by atoms with Crippen molar-refractivity contribution in [2.45, 2.75) is 19.4 Å². The van der Waals surface area contributed by atoms with E-state index < -0.39 is 0 Å². The van der Waals surface area contributed by atoms with E-state index in [9.17, 15) is 9.18 Å². The summed E-state index contributed by atoms with van der Waals surface area (Å²) in [5.74, 6) is -0.309. The van der Waals surface area contributed by atoms with Gasteiger partial charge in [-0.3, -0.25) is 4.79 Å². The number of carbonyl (C=O) groups excluding carboxylic acids is 1. The summed E-state index contributed by atoms with van der Waals surface area (Å²) in [7, 11) is 1.74. The first-order chi connectivity index (χ1) is 9.99. The molecule has 21 heavy (non-hydrogen) atoms. The molecule has 1 atom stereocenters. The predicted molar refractivity (Wildman–Crippen MR) is 82.7 cm³/mol. The van der Waals surface area contributed by atoms with E-state index in [0.29, 0.717) is 5.02 Å². The van der Waals surface area contributed by atoms with Gasteiger partial charge in [-0.25, -0.2) is 4.39 Å². The maximum absolute atomic E-state index is 12.9. The van der Waals surface area contributed by atoms with Crippen molar-refractivity contribution in [2.75, 3.05) is 7.05 Å². The molecule has 1 unspecified atom stereocenters. The fraction of sp³-hybridized carbons (Fsp3) is 0.235. The molecular formula is C17H17ClFNO. The maximum Gasteiger partial charge on any atom is 0.227 e. The van der Waals surface area contributed by atoms with Crippen LogP contribution in [0.5, 0.6) is 0 Å². The molecule has 0 bridgehead atoms. The Morgan fingerprint density at radius 1 is 1.19 bits per heavy atom. The van der Waals surface area contributed by atoms with Gasteiger partial charge in [0.25, 0.3) is 0 Å². The van der Waals surface area contributed by atoms with Crippen LogP contribution in [0.3, 0.4) is 0 Å². The average molecular weight is 306 g/mol. The largest absolute Gasteiger partial charge is 0.339 e. The van der Waals surface area contributed by atoms with Crippen LogP contribution in [0.1, 0.15) is 24.1 Å². The molecule has 110 valence electrons. The quantitative estimate of drug-likeness (QED) is 0.827. The summed E-state index contributed by atoms with van der Waals surface area (Å²) in [4.78, 5) is 14.0. The van der Waals surface area contributed by atoms with Crippen molar-refractivity contribution in [1.29, 1.82) is 0 Å². The zero-order valence-corrected chi connectivity index (χ0v) is 12.8. The molecule has 2 nitrogen and oxygen atoms in total. The van der Waals surface area contributed by atoms with Gasteiger partial charge in [0.15, 0.2) is 0 Å². The van der Waals surface area contributed by atoms with Gasteiger partial charge in [0.05, 0.1) is 12.5 Å². The molecule has 4 heteroatoms. The summed E-state index contributed by atoms with van der Waals surface area (Å²) in [6, 6.07) is 13.4. The number of nitrogens with zero attached hydrogens (tertiary/aromatic N) is 1. The van der Waals surface area contributed by atoms with Crippen LogP contribution in [0.2, 0.25) is 5.02 Å². The summed E-state index contributed by atoms with van der Waals surface area (Å²) < 4.78 is 12.9. The predicted octanol–water partition coefficient (Wildman–Crippen LogP) is 4.24. The standard InChI is InChI=1S/C17H17ClFNO/c1-12(13-7-9-15(19)10-8-13)20(2)17(21)11-14-5-3-4-6-16(14)18/h3-10,12H,11H2,1-2H3. The van der Waals surface area contributed by atoms with Crippen LogP contribution in [0.15, 0.2) is 48.5 Å². The highest BCUT2D eigenvalue weighted by molar-refractivity contribution is 6.31. The van der Waals surface area contributed by atoms with Crippen LogP contribution in [-0.4, -0.2) is 17.9 Å². The summed E-state index contributed by atoms with van der Waals surface area (Å²) >= 11 is 6.07. The fourth-order valence-electron chi connectivity index (χ4n) is 2.11. The Kier molecular flexibility index (Phi) is 4.97. The number of halogens is 2. The Morgan fingerprint density at radius 3 is 2.43 bits per heavy atom. The molecule has 1 amide bonds. The van der Waals surface area contributed by atoms with Crippen molar-refractivity contribution in [3.63, 3.8) is 0 Å². The molecule has 0 saturated heterocycles. The molecule has 0 heterocycles. The normalized spacial score (nSPS) is 12.0. The SMILES string of the molecule is CC(c1ccc(F)cc1)N(C)C(=O)Cc1ccccc1Cl. The highest BCUT2D eigenvalue weighted by Gasteiger charge is 2.18. The molecular weight excluding hydrogens is 289 g/mol. The smallest absolute Gasteiger partial charge is 0.227 e. The van der Waals surface area contributed by atoms with Gasteiger partial charge >= 0.3 is 0 Å². The van der Waals surface area contributed by atoms with E-state index in [4.69, 9.17) is 11.6 Å². The average Bonchev–Trinajstić information content (AvgIpc) is 2.49. The summed E-state index contributed by atoms with van der Waals surface area (Å²) in [6.45, 7) is 1.91. The lowest BCUT2D eigenvalue weighted by Gasteiger charge is -2.25. The van der Waals surface area contributed by atoms with Crippen molar-refractivity contribution >= 4 is 17.5 Å². The first-order valence-electron chi connectivity index (χ1n) is 6.73. The minimum atomic E-state index is -0.281. The Balaban J connectivity index is 2.08. The number of amides is 1. The van der Waals surface area contributed by atoms with Crippen molar-refractivity contribution in [1.82, 2.24) is 4.90 Å². The Labute approximate surface area is 129 Å². The van der Waals surface area contributed by atoms with Crippen molar-refractivity contribution in [2.24, 2.45) is 0 Å². The third kappa shape index (κ3) is 3.82. The molecule has 0 N–H and O–H groups in total. The number of carbonyl (C=O) groups is 1. The van der Waals surface area contributed by atoms with E-state index in [1.165, 1.54) is 12.1 Å². The molecule has 0 spiro atoms. The Bertz CT molecular complexity index is 627. The summed E-state index contributed by atoms with van der Waals surface area (Å²) in [5.41, 5.74) is 1.70. The van der Waals surface area contributed by atoms with Gasteiger partial charge in [-0.2, -0.15) is 0 Å². The molecule has 0 aliphatic rings. The molecule has 0 aliphatic heterocycles.